The maximum atomic E-state index is 13.1. The summed E-state index contributed by atoms with van der Waals surface area (Å²) in [6, 6.07) is 12.8. The van der Waals surface area contributed by atoms with Crippen LogP contribution in [0.4, 0.5) is 14.9 Å². The second-order valence-electron chi connectivity index (χ2n) is 7.78. The van der Waals surface area contributed by atoms with Crippen LogP contribution in [-0.4, -0.2) is 56.2 Å². The lowest BCUT2D eigenvalue weighted by Gasteiger charge is -2.38. The highest BCUT2D eigenvalue weighted by Crippen LogP contribution is 2.28. The first kappa shape index (κ1) is 23.4. The van der Waals surface area contributed by atoms with Gasteiger partial charge in [-0.25, -0.2) is 9.18 Å². The van der Waals surface area contributed by atoms with Crippen molar-refractivity contribution in [1.82, 2.24) is 15.5 Å². The van der Waals surface area contributed by atoms with Gasteiger partial charge in [-0.05, 0) is 36.2 Å². The van der Waals surface area contributed by atoms with E-state index >= 15 is 0 Å². The van der Waals surface area contributed by atoms with Gasteiger partial charge in [0.25, 0.3) is 0 Å². The van der Waals surface area contributed by atoms with E-state index in [1.807, 2.05) is 36.1 Å². The van der Waals surface area contributed by atoms with Gasteiger partial charge in [0, 0.05) is 32.7 Å². The van der Waals surface area contributed by atoms with E-state index in [4.69, 9.17) is 4.74 Å². The number of methoxy groups -OCH3 is 1. The molecule has 2 aromatic rings. The van der Waals surface area contributed by atoms with Gasteiger partial charge < -0.3 is 25.2 Å². The molecule has 0 saturated carbocycles. The molecule has 1 heterocycles. The zero-order chi connectivity index (χ0) is 22.9. The number of hydrogen-bond acceptors (Lipinski definition) is 4. The maximum Gasteiger partial charge on any atom is 0.315 e. The third-order valence-electron chi connectivity index (χ3n) is 5.56. The molecule has 1 fully saturated rings. The van der Waals surface area contributed by atoms with Crippen molar-refractivity contribution in [2.45, 2.75) is 32.4 Å². The number of carbonyl (C=O) groups excluding carboxylic acids is 2. The van der Waals surface area contributed by atoms with Gasteiger partial charge in [0.15, 0.2) is 0 Å². The van der Waals surface area contributed by atoms with Crippen LogP contribution in [0.5, 0.6) is 5.75 Å². The van der Waals surface area contributed by atoms with Gasteiger partial charge in [-0.3, -0.25) is 4.79 Å². The van der Waals surface area contributed by atoms with E-state index in [1.165, 1.54) is 12.1 Å². The summed E-state index contributed by atoms with van der Waals surface area (Å²) in [5.41, 5.74) is 1.80. The number of para-hydroxylation sites is 2. The fourth-order valence-electron chi connectivity index (χ4n) is 3.82. The summed E-state index contributed by atoms with van der Waals surface area (Å²) in [5, 5.41) is 5.55. The summed E-state index contributed by atoms with van der Waals surface area (Å²) in [6.45, 7) is 4.80. The molecule has 7 nitrogen and oxygen atoms in total. The molecule has 1 unspecified atom stereocenters. The highest BCUT2D eigenvalue weighted by atomic mass is 19.1. The second-order valence-corrected chi connectivity index (χ2v) is 7.78. The summed E-state index contributed by atoms with van der Waals surface area (Å²) in [5.74, 6) is 0.428. The number of ether oxygens (including phenoxy) is 1. The predicted molar refractivity (Wildman–Crippen MR) is 122 cm³/mol. The van der Waals surface area contributed by atoms with Gasteiger partial charge in [0.1, 0.15) is 17.6 Å². The Morgan fingerprint density at radius 2 is 1.75 bits per heavy atom. The standard InChI is InChI=1S/C24H31FN4O3/c1-3-6-20(27-24(31)26-17-18-9-11-19(25)12-10-18)23(30)29-15-13-28(14-16-29)21-7-4-5-8-22(21)32-2/h4-5,7-12,20H,3,6,13-17H2,1-2H3,(H2,26,27,31). The summed E-state index contributed by atoms with van der Waals surface area (Å²) in [4.78, 5) is 29.5. The number of carbonyl (C=O) groups is 2. The smallest absolute Gasteiger partial charge is 0.315 e. The summed E-state index contributed by atoms with van der Waals surface area (Å²) in [6.07, 6.45) is 1.34. The highest BCUT2D eigenvalue weighted by molar-refractivity contribution is 5.87. The van der Waals surface area contributed by atoms with E-state index in [9.17, 15) is 14.0 Å². The number of benzene rings is 2. The lowest BCUT2D eigenvalue weighted by molar-refractivity contribution is -0.133. The van der Waals surface area contributed by atoms with Gasteiger partial charge in [0.2, 0.25) is 5.91 Å². The number of hydrogen-bond donors (Lipinski definition) is 2. The Labute approximate surface area is 188 Å². The lowest BCUT2D eigenvalue weighted by atomic mass is 10.1. The molecular weight excluding hydrogens is 411 g/mol. The third kappa shape index (κ3) is 6.12. The van der Waals surface area contributed by atoms with Crippen molar-refractivity contribution in [1.29, 1.82) is 0 Å². The Balaban J connectivity index is 1.53. The minimum Gasteiger partial charge on any atom is -0.495 e. The molecule has 0 radical (unpaired) electrons. The van der Waals surface area contributed by atoms with E-state index in [2.05, 4.69) is 15.5 Å². The second kappa shape index (κ2) is 11.4. The third-order valence-corrected chi connectivity index (χ3v) is 5.56. The minimum absolute atomic E-state index is 0.0662. The largest absolute Gasteiger partial charge is 0.495 e. The van der Waals surface area contributed by atoms with Crippen molar-refractivity contribution in [3.8, 4) is 5.75 Å². The fourth-order valence-corrected chi connectivity index (χ4v) is 3.82. The van der Waals surface area contributed by atoms with Crippen LogP contribution in [-0.2, 0) is 11.3 Å². The van der Waals surface area contributed by atoms with E-state index in [0.29, 0.717) is 32.6 Å². The molecule has 2 aromatic carbocycles. The molecule has 0 aromatic heterocycles. The molecule has 1 aliphatic rings. The Morgan fingerprint density at radius 1 is 1.06 bits per heavy atom. The zero-order valence-corrected chi connectivity index (χ0v) is 18.6. The molecule has 0 aliphatic carbocycles. The average Bonchev–Trinajstić information content (AvgIpc) is 2.83. The molecule has 172 valence electrons. The predicted octanol–water partition coefficient (Wildman–Crippen LogP) is 3.15. The van der Waals surface area contributed by atoms with Crippen LogP contribution in [0.15, 0.2) is 48.5 Å². The average molecular weight is 443 g/mol. The molecule has 1 atom stereocenters. The van der Waals surface area contributed by atoms with Crippen LogP contribution in [0.3, 0.4) is 0 Å². The Bertz CT molecular complexity index is 898. The number of rotatable bonds is 8. The van der Waals surface area contributed by atoms with Crippen molar-refractivity contribution < 1.29 is 18.7 Å². The summed E-state index contributed by atoms with van der Waals surface area (Å²) < 4.78 is 18.5. The van der Waals surface area contributed by atoms with Gasteiger partial charge in [-0.1, -0.05) is 37.6 Å². The summed E-state index contributed by atoms with van der Waals surface area (Å²) >= 11 is 0. The van der Waals surface area contributed by atoms with Crippen LogP contribution in [0, 0.1) is 5.82 Å². The van der Waals surface area contributed by atoms with E-state index in [1.54, 1.807) is 19.2 Å². The molecular formula is C24H31FN4O3. The van der Waals surface area contributed by atoms with Crippen molar-refractivity contribution >= 4 is 17.6 Å². The quantitative estimate of drug-likeness (QED) is 0.659. The zero-order valence-electron chi connectivity index (χ0n) is 18.6. The Hall–Kier alpha value is -3.29. The maximum absolute atomic E-state index is 13.1. The first-order valence-electron chi connectivity index (χ1n) is 11.0. The van der Waals surface area contributed by atoms with E-state index < -0.39 is 12.1 Å². The molecule has 1 aliphatic heterocycles. The van der Waals surface area contributed by atoms with E-state index in [0.717, 1.165) is 23.4 Å². The SMILES string of the molecule is CCCC(NC(=O)NCc1ccc(F)cc1)C(=O)N1CCN(c2ccccc2OC)CC1. The fraction of sp³-hybridized carbons (Fsp3) is 0.417. The number of nitrogens with zero attached hydrogens (tertiary/aromatic N) is 2. The normalized spacial score (nSPS) is 14.6. The van der Waals surface area contributed by atoms with Crippen molar-refractivity contribution in [2.24, 2.45) is 0 Å². The van der Waals surface area contributed by atoms with Crippen LogP contribution in [0.25, 0.3) is 0 Å². The molecule has 0 bridgehead atoms. The Morgan fingerprint density at radius 3 is 2.41 bits per heavy atom. The molecule has 32 heavy (non-hydrogen) atoms. The van der Waals surface area contributed by atoms with Gasteiger partial charge in [0.05, 0.1) is 12.8 Å². The van der Waals surface area contributed by atoms with Gasteiger partial charge in [-0.15, -0.1) is 0 Å². The number of piperazine rings is 1. The summed E-state index contributed by atoms with van der Waals surface area (Å²) in [7, 11) is 1.65. The first-order chi connectivity index (χ1) is 15.5. The van der Waals surface area contributed by atoms with Gasteiger partial charge in [-0.2, -0.15) is 0 Å². The van der Waals surface area contributed by atoms with Crippen LogP contribution >= 0.6 is 0 Å². The number of urea groups is 1. The number of amides is 3. The van der Waals surface area contributed by atoms with Crippen molar-refractivity contribution in [2.75, 3.05) is 38.2 Å². The van der Waals surface area contributed by atoms with Crippen LogP contribution in [0.1, 0.15) is 25.3 Å². The monoisotopic (exact) mass is 442 g/mol. The van der Waals surface area contributed by atoms with Gasteiger partial charge >= 0.3 is 6.03 Å². The Kier molecular flexibility index (Phi) is 8.30. The number of nitrogens with one attached hydrogen (secondary N) is 2. The molecule has 0 spiro atoms. The molecule has 1 saturated heterocycles. The first-order valence-corrected chi connectivity index (χ1v) is 11.0. The minimum atomic E-state index is -0.578. The lowest BCUT2D eigenvalue weighted by Crippen LogP contribution is -2.56. The van der Waals surface area contributed by atoms with Crippen LogP contribution < -0.4 is 20.3 Å². The molecule has 3 amide bonds. The number of anilines is 1. The van der Waals surface area contributed by atoms with E-state index in [-0.39, 0.29) is 18.3 Å². The van der Waals surface area contributed by atoms with Crippen molar-refractivity contribution in [3.05, 3.63) is 59.9 Å². The molecule has 2 N–H and O–H groups in total. The highest BCUT2D eigenvalue weighted by Gasteiger charge is 2.28. The molecule has 3 rings (SSSR count). The molecule has 8 heteroatoms. The number of halogens is 1. The van der Waals surface area contributed by atoms with Crippen LogP contribution in [0.2, 0.25) is 0 Å². The van der Waals surface area contributed by atoms with Crippen molar-refractivity contribution in [3.63, 3.8) is 0 Å². The topological polar surface area (TPSA) is 73.9 Å².